The maximum atomic E-state index is 6.26. The molecule has 0 radical (unpaired) electrons. The lowest BCUT2D eigenvalue weighted by atomic mass is 9.84. The largest absolute Gasteiger partial charge is 0.456 e. The van der Waals surface area contributed by atoms with Crippen molar-refractivity contribution in [3.63, 3.8) is 0 Å². The molecule has 10 rings (SSSR count). The van der Waals surface area contributed by atoms with Crippen LogP contribution in [0.25, 0.3) is 100 Å². The van der Waals surface area contributed by atoms with Crippen LogP contribution in [0, 0.1) is 0 Å². The number of furan rings is 1. The molecule has 0 aliphatic carbocycles. The fraction of sp³-hybridized carbons (Fsp3) is 0. The van der Waals surface area contributed by atoms with Crippen molar-refractivity contribution in [1.29, 1.82) is 0 Å². The number of benzene rings is 8. The van der Waals surface area contributed by atoms with E-state index in [4.69, 9.17) is 14.4 Å². The topological polar surface area (TPSA) is 38.9 Å². The molecule has 258 valence electrons. The molecule has 0 N–H and O–H groups in total. The molecule has 0 atom stereocenters. The molecular formula is C52H34N2O. The Hall–Kier alpha value is -7.36. The third kappa shape index (κ3) is 6.18. The number of rotatable bonds is 7. The molecule has 10 aromatic rings. The molecule has 0 aliphatic heterocycles. The van der Waals surface area contributed by atoms with Gasteiger partial charge in [0.1, 0.15) is 11.2 Å². The Morgan fingerprint density at radius 1 is 0.291 bits per heavy atom. The van der Waals surface area contributed by atoms with Gasteiger partial charge in [0, 0.05) is 27.5 Å². The van der Waals surface area contributed by atoms with Gasteiger partial charge in [0.05, 0.1) is 11.4 Å². The second-order valence-electron chi connectivity index (χ2n) is 13.8. The summed E-state index contributed by atoms with van der Waals surface area (Å²) in [5.74, 6) is 0.697. The van der Waals surface area contributed by atoms with Gasteiger partial charge in [0.2, 0.25) is 0 Å². The summed E-state index contributed by atoms with van der Waals surface area (Å²) >= 11 is 0. The number of aromatic nitrogens is 2. The molecule has 8 aromatic carbocycles. The second kappa shape index (κ2) is 13.9. The van der Waals surface area contributed by atoms with E-state index in [2.05, 4.69) is 170 Å². The standard InChI is InChI=1S/C52H34N2O/c1-5-16-35(17-6-1)42-32-44(51(37-20-9-3-10-21-37)45(33-42)40-28-29-50-46(31-40)43-26-13-14-27-49(43)55-50)39-24-15-25-41(30-39)48-34-47(36-18-7-2-8-19-36)53-52(54-48)38-22-11-4-12-23-38/h1-34H. The summed E-state index contributed by atoms with van der Waals surface area (Å²) in [6.45, 7) is 0. The fourth-order valence-corrected chi connectivity index (χ4v) is 7.62. The molecule has 55 heavy (non-hydrogen) atoms. The van der Waals surface area contributed by atoms with Crippen molar-refractivity contribution in [2.75, 3.05) is 0 Å². The minimum Gasteiger partial charge on any atom is -0.456 e. The van der Waals surface area contributed by atoms with E-state index in [1.807, 2.05) is 36.4 Å². The van der Waals surface area contributed by atoms with Gasteiger partial charge in [-0.25, -0.2) is 9.97 Å². The molecule has 0 spiro atoms. The quantitative estimate of drug-likeness (QED) is 0.166. The van der Waals surface area contributed by atoms with Crippen LogP contribution in [0.3, 0.4) is 0 Å². The van der Waals surface area contributed by atoms with Crippen LogP contribution in [0.2, 0.25) is 0 Å². The molecule has 0 bridgehead atoms. The zero-order valence-electron chi connectivity index (χ0n) is 29.9. The first-order valence-corrected chi connectivity index (χ1v) is 18.6. The molecule has 3 heteroatoms. The molecule has 2 heterocycles. The van der Waals surface area contributed by atoms with Gasteiger partial charge in [-0.05, 0) is 87.0 Å². The van der Waals surface area contributed by atoms with E-state index in [9.17, 15) is 0 Å². The fourth-order valence-electron chi connectivity index (χ4n) is 7.62. The van der Waals surface area contributed by atoms with Gasteiger partial charge in [0.15, 0.2) is 5.82 Å². The van der Waals surface area contributed by atoms with Crippen molar-refractivity contribution < 1.29 is 4.42 Å². The molecular weight excluding hydrogens is 669 g/mol. The van der Waals surface area contributed by atoms with Crippen LogP contribution in [0.15, 0.2) is 211 Å². The smallest absolute Gasteiger partial charge is 0.160 e. The second-order valence-corrected chi connectivity index (χ2v) is 13.8. The van der Waals surface area contributed by atoms with E-state index in [1.54, 1.807) is 0 Å². The molecule has 0 fully saturated rings. The Balaban J connectivity index is 1.22. The summed E-state index contributed by atoms with van der Waals surface area (Å²) in [4.78, 5) is 10.2. The monoisotopic (exact) mass is 702 g/mol. The van der Waals surface area contributed by atoms with Crippen molar-refractivity contribution in [1.82, 2.24) is 9.97 Å². The summed E-state index contributed by atoms with van der Waals surface area (Å²) in [5, 5.41) is 2.22. The highest BCUT2D eigenvalue weighted by Crippen LogP contribution is 2.45. The molecule has 2 aromatic heterocycles. The third-order valence-corrected chi connectivity index (χ3v) is 10.3. The summed E-state index contributed by atoms with van der Waals surface area (Å²) in [6.07, 6.45) is 0. The van der Waals surface area contributed by atoms with Gasteiger partial charge >= 0.3 is 0 Å². The SMILES string of the molecule is c1ccc(-c2cc(-c3cccc(-c4cc(-c5ccccc5)nc(-c5ccccc5)n4)c3)c(-c3ccccc3)c(-c3ccc4oc5ccccc5c4c3)c2)cc1. The van der Waals surface area contributed by atoms with Gasteiger partial charge < -0.3 is 4.42 Å². The average Bonchev–Trinajstić information content (AvgIpc) is 3.65. The van der Waals surface area contributed by atoms with Crippen LogP contribution in [0.1, 0.15) is 0 Å². The normalized spacial score (nSPS) is 11.3. The maximum Gasteiger partial charge on any atom is 0.160 e. The molecule has 0 unspecified atom stereocenters. The van der Waals surface area contributed by atoms with E-state index in [1.165, 1.54) is 5.56 Å². The lowest BCUT2D eigenvalue weighted by molar-refractivity contribution is 0.669. The predicted molar refractivity (Wildman–Crippen MR) is 227 cm³/mol. The summed E-state index contributed by atoms with van der Waals surface area (Å²) in [6, 6.07) is 72.4. The lowest BCUT2D eigenvalue weighted by Crippen LogP contribution is -1.96. The lowest BCUT2D eigenvalue weighted by Gasteiger charge is -2.20. The Labute approximate surface area is 319 Å². The molecule has 0 amide bonds. The number of nitrogens with zero attached hydrogens (tertiary/aromatic N) is 2. The van der Waals surface area contributed by atoms with E-state index >= 15 is 0 Å². The average molecular weight is 703 g/mol. The predicted octanol–water partition coefficient (Wildman–Crippen LogP) is 14.0. The summed E-state index contributed by atoms with van der Waals surface area (Å²) in [5.41, 5.74) is 15.7. The van der Waals surface area contributed by atoms with Gasteiger partial charge in [0.25, 0.3) is 0 Å². The van der Waals surface area contributed by atoms with Gasteiger partial charge in [-0.1, -0.05) is 164 Å². The first-order valence-electron chi connectivity index (χ1n) is 18.6. The van der Waals surface area contributed by atoms with Crippen molar-refractivity contribution in [2.24, 2.45) is 0 Å². The van der Waals surface area contributed by atoms with Crippen molar-refractivity contribution in [2.45, 2.75) is 0 Å². The minimum atomic E-state index is 0.697. The van der Waals surface area contributed by atoms with Crippen LogP contribution in [0.4, 0.5) is 0 Å². The molecule has 0 aliphatic rings. The minimum absolute atomic E-state index is 0.697. The van der Waals surface area contributed by atoms with E-state index in [0.29, 0.717) is 5.82 Å². The number of hydrogen-bond donors (Lipinski definition) is 0. The van der Waals surface area contributed by atoms with Crippen LogP contribution in [0.5, 0.6) is 0 Å². The number of fused-ring (bicyclic) bond motifs is 3. The van der Waals surface area contributed by atoms with Crippen molar-refractivity contribution >= 4 is 21.9 Å². The highest BCUT2D eigenvalue weighted by Gasteiger charge is 2.19. The van der Waals surface area contributed by atoms with Crippen LogP contribution in [-0.4, -0.2) is 9.97 Å². The van der Waals surface area contributed by atoms with Crippen molar-refractivity contribution in [3.05, 3.63) is 206 Å². The van der Waals surface area contributed by atoms with Crippen molar-refractivity contribution in [3.8, 4) is 78.4 Å². The first kappa shape index (κ1) is 32.3. The number of hydrogen-bond acceptors (Lipinski definition) is 3. The van der Waals surface area contributed by atoms with Crippen LogP contribution < -0.4 is 0 Å². The van der Waals surface area contributed by atoms with Gasteiger partial charge in [-0.15, -0.1) is 0 Å². The Kier molecular flexibility index (Phi) is 8.16. The van der Waals surface area contributed by atoms with E-state index in [-0.39, 0.29) is 0 Å². The van der Waals surface area contributed by atoms with Gasteiger partial charge in [-0.2, -0.15) is 0 Å². The maximum absolute atomic E-state index is 6.26. The van der Waals surface area contributed by atoms with Crippen LogP contribution in [-0.2, 0) is 0 Å². The highest BCUT2D eigenvalue weighted by atomic mass is 16.3. The zero-order chi connectivity index (χ0) is 36.6. The van der Waals surface area contributed by atoms with Gasteiger partial charge in [-0.3, -0.25) is 0 Å². The third-order valence-electron chi connectivity index (χ3n) is 10.3. The summed E-state index contributed by atoms with van der Waals surface area (Å²) in [7, 11) is 0. The van der Waals surface area contributed by atoms with E-state index in [0.717, 1.165) is 89.0 Å². The van der Waals surface area contributed by atoms with Crippen LogP contribution >= 0.6 is 0 Å². The summed E-state index contributed by atoms with van der Waals surface area (Å²) < 4.78 is 6.26. The molecule has 0 saturated carbocycles. The molecule has 3 nitrogen and oxygen atoms in total. The number of para-hydroxylation sites is 1. The first-order chi connectivity index (χ1) is 27.2. The Bertz CT molecular complexity index is 2900. The Morgan fingerprint density at radius 2 is 0.800 bits per heavy atom. The zero-order valence-corrected chi connectivity index (χ0v) is 29.9. The molecule has 0 saturated heterocycles. The van der Waals surface area contributed by atoms with E-state index < -0.39 is 0 Å². The Morgan fingerprint density at radius 3 is 1.49 bits per heavy atom. The highest BCUT2D eigenvalue weighted by molar-refractivity contribution is 6.07.